The second kappa shape index (κ2) is 41.3. The molecule has 0 aromatic rings. The Kier molecular flexibility index (Phi) is 39.5. The van der Waals surface area contributed by atoms with Crippen LogP contribution in [0.25, 0.3) is 0 Å². The van der Waals surface area contributed by atoms with E-state index < -0.39 is 18.1 Å². The van der Waals surface area contributed by atoms with E-state index in [1.807, 2.05) is 27.2 Å². The number of rotatable bonds is 43. The van der Waals surface area contributed by atoms with Crippen LogP contribution >= 0.6 is 0 Å². The van der Waals surface area contributed by atoms with Gasteiger partial charge >= 0.3 is 17.9 Å². The summed E-state index contributed by atoms with van der Waals surface area (Å²) < 4.78 is 17.2. The number of nitrogens with zero attached hydrogens (tertiary/aromatic N) is 1. The SMILES string of the molecule is CCCCCCCC/C=C/C/C=C/CCC(=O)OC(COCCC(C(=O)O)[N+](C)(C)C)COC(=O)CCCCCCCCC/C=C/CCCCCCCCCCCC. The molecular formula is C50H92NO7+. The van der Waals surface area contributed by atoms with E-state index in [0.717, 1.165) is 32.1 Å². The molecule has 338 valence electrons. The highest BCUT2D eigenvalue weighted by atomic mass is 16.6. The summed E-state index contributed by atoms with van der Waals surface area (Å²) in [6.07, 6.45) is 47.8. The zero-order valence-corrected chi connectivity index (χ0v) is 38.5. The number of unbranched alkanes of at least 4 members (excludes halogenated alkanes) is 23. The molecule has 0 aliphatic carbocycles. The lowest BCUT2D eigenvalue weighted by molar-refractivity contribution is -0.887. The number of carbonyl (C=O) groups is 3. The highest BCUT2D eigenvalue weighted by molar-refractivity contribution is 5.72. The van der Waals surface area contributed by atoms with E-state index in [4.69, 9.17) is 14.2 Å². The van der Waals surface area contributed by atoms with Gasteiger partial charge in [0.2, 0.25) is 0 Å². The van der Waals surface area contributed by atoms with Gasteiger partial charge in [0.25, 0.3) is 0 Å². The van der Waals surface area contributed by atoms with Crippen LogP contribution in [0.5, 0.6) is 0 Å². The number of hydrogen-bond donors (Lipinski definition) is 1. The number of aliphatic carboxylic acids is 1. The first kappa shape index (κ1) is 55.5. The minimum Gasteiger partial charge on any atom is -0.477 e. The molecule has 0 aliphatic rings. The summed E-state index contributed by atoms with van der Waals surface area (Å²) in [5, 5.41) is 9.62. The fourth-order valence-electron chi connectivity index (χ4n) is 7.02. The first-order valence-electron chi connectivity index (χ1n) is 24.0. The molecule has 58 heavy (non-hydrogen) atoms. The molecule has 0 fully saturated rings. The van der Waals surface area contributed by atoms with Gasteiger partial charge in [-0.2, -0.15) is 0 Å². The zero-order chi connectivity index (χ0) is 42.8. The Hall–Kier alpha value is -2.45. The highest BCUT2D eigenvalue weighted by Crippen LogP contribution is 2.14. The quantitative estimate of drug-likeness (QED) is 0.0283. The number of ether oxygens (including phenoxy) is 3. The number of quaternary nitrogens is 1. The van der Waals surface area contributed by atoms with E-state index in [1.54, 1.807) is 0 Å². The lowest BCUT2D eigenvalue weighted by Crippen LogP contribution is -2.50. The minimum atomic E-state index is -0.882. The Balaban J connectivity index is 4.28. The van der Waals surface area contributed by atoms with Crippen LogP contribution < -0.4 is 0 Å². The van der Waals surface area contributed by atoms with Crippen molar-refractivity contribution < 1.29 is 38.2 Å². The molecule has 0 aromatic heterocycles. The molecule has 0 aromatic carbocycles. The smallest absolute Gasteiger partial charge is 0.362 e. The van der Waals surface area contributed by atoms with Crippen LogP contribution in [0.2, 0.25) is 0 Å². The maximum Gasteiger partial charge on any atom is 0.362 e. The molecule has 0 bridgehead atoms. The van der Waals surface area contributed by atoms with Crippen molar-refractivity contribution in [3.05, 3.63) is 36.5 Å². The van der Waals surface area contributed by atoms with Crippen LogP contribution in [-0.4, -0.2) is 80.6 Å². The molecule has 0 saturated carbocycles. The maximum absolute atomic E-state index is 12.7. The first-order chi connectivity index (χ1) is 28.1. The van der Waals surface area contributed by atoms with Crippen molar-refractivity contribution in [3.8, 4) is 0 Å². The molecule has 0 saturated heterocycles. The minimum absolute atomic E-state index is 0.0386. The lowest BCUT2D eigenvalue weighted by Gasteiger charge is -2.31. The van der Waals surface area contributed by atoms with E-state index in [2.05, 4.69) is 44.2 Å². The Morgan fingerprint density at radius 1 is 0.517 bits per heavy atom. The van der Waals surface area contributed by atoms with Crippen LogP contribution in [-0.2, 0) is 28.6 Å². The van der Waals surface area contributed by atoms with Crippen LogP contribution in [0.4, 0.5) is 0 Å². The van der Waals surface area contributed by atoms with Crippen LogP contribution in [0.1, 0.15) is 213 Å². The third-order valence-corrected chi connectivity index (χ3v) is 10.8. The van der Waals surface area contributed by atoms with Crippen LogP contribution in [0.3, 0.4) is 0 Å². The molecule has 2 unspecified atom stereocenters. The summed E-state index contributed by atoms with van der Waals surface area (Å²) in [5.74, 6) is -1.55. The predicted molar refractivity (Wildman–Crippen MR) is 243 cm³/mol. The van der Waals surface area contributed by atoms with Crippen molar-refractivity contribution in [2.45, 2.75) is 225 Å². The first-order valence-corrected chi connectivity index (χ1v) is 24.0. The van der Waals surface area contributed by atoms with Crippen LogP contribution in [0.15, 0.2) is 36.5 Å². The number of esters is 2. The van der Waals surface area contributed by atoms with Crippen molar-refractivity contribution in [1.82, 2.24) is 0 Å². The molecule has 8 heteroatoms. The summed E-state index contributed by atoms with van der Waals surface area (Å²) in [6, 6.07) is -0.623. The summed E-state index contributed by atoms with van der Waals surface area (Å²) >= 11 is 0. The second-order valence-electron chi connectivity index (χ2n) is 17.4. The molecule has 2 atom stereocenters. The maximum atomic E-state index is 12.7. The number of allylic oxidation sites excluding steroid dienone is 6. The molecule has 1 N–H and O–H groups in total. The molecule has 0 heterocycles. The molecule has 8 nitrogen and oxygen atoms in total. The molecule has 0 amide bonds. The fourth-order valence-corrected chi connectivity index (χ4v) is 7.02. The van der Waals surface area contributed by atoms with Crippen LogP contribution in [0, 0.1) is 0 Å². The zero-order valence-electron chi connectivity index (χ0n) is 38.5. The largest absolute Gasteiger partial charge is 0.477 e. The summed E-state index contributed by atoms with van der Waals surface area (Å²) in [6.45, 7) is 4.68. The van der Waals surface area contributed by atoms with Gasteiger partial charge < -0.3 is 23.8 Å². The van der Waals surface area contributed by atoms with Gasteiger partial charge in [0.05, 0.1) is 34.4 Å². The number of carboxylic acids is 1. The van der Waals surface area contributed by atoms with Gasteiger partial charge in [-0.05, 0) is 57.8 Å². The molecule has 0 rings (SSSR count). The molecule has 0 radical (unpaired) electrons. The fraction of sp³-hybridized carbons (Fsp3) is 0.820. The topological polar surface area (TPSA) is 99.1 Å². The van der Waals surface area contributed by atoms with Gasteiger partial charge in [0.1, 0.15) is 6.61 Å². The Labute approximate surface area is 357 Å². The molecular weight excluding hydrogens is 727 g/mol. The Bertz CT molecular complexity index is 1050. The van der Waals surface area contributed by atoms with E-state index in [0.29, 0.717) is 19.3 Å². The van der Waals surface area contributed by atoms with E-state index in [1.165, 1.54) is 141 Å². The van der Waals surface area contributed by atoms with Gasteiger partial charge in [-0.25, -0.2) is 4.79 Å². The van der Waals surface area contributed by atoms with Crippen molar-refractivity contribution in [2.75, 3.05) is 41.0 Å². The van der Waals surface area contributed by atoms with Gasteiger partial charge in [-0.15, -0.1) is 0 Å². The van der Waals surface area contributed by atoms with Crippen molar-refractivity contribution in [3.63, 3.8) is 0 Å². The van der Waals surface area contributed by atoms with E-state index >= 15 is 0 Å². The highest BCUT2D eigenvalue weighted by Gasteiger charge is 2.31. The normalized spacial score (nSPS) is 13.2. The van der Waals surface area contributed by atoms with Gasteiger partial charge in [0, 0.05) is 19.3 Å². The molecule has 0 spiro atoms. The third kappa shape index (κ3) is 39.0. The summed E-state index contributed by atoms with van der Waals surface area (Å²) in [4.78, 5) is 37.0. The second-order valence-corrected chi connectivity index (χ2v) is 17.4. The third-order valence-electron chi connectivity index (χ3n) is 10.8. The van der Waals surface area contributed by atoms with Crippen molar-refractivity contribution >= 4 is 17.9 Å². The number of carbonyl (C=O) groups excluding carboxylic acids is 2. The standard InChI is InChI=1S/C50H91NO7/c1-6-8-10-12-14-16-18-20-21-22-23-24-25-26-27-29-30-32-34-36-38-40-48(52)57-45-46(44-56-43-42-47(50(54)55)51(3,4)5)58-49(53)41-39-37-35-33-31-28-19-17-15-13-11-9-7-2/h24-25,28,31,35,37,46-47H,6-23,26-27,29-30,32-34,36,38-45H2,1-5H3/p+1/b25-24+,31-28+,37-35+. The summed E-state index contributed by atoms with van der Waals surface area (Å²) in [5.41, 5.74) is 0. The van der Waals surface area contributed by atoms with Crippen molar-refractivity contribution in [2.24, 2.45) is 0 Å². The monoisotopic (exact) mass is 819 g/mol. The van der Waals surface area contributed by atoms with Gasteiger partial charge in [-0.1, -0.05) is 172 Å². The average molecular weight is 819 g/mol. The molecule has 0 aliphatic heterocycles. The summed E-state index contributed by atoms with van der Waals surface area (Å²) in [7, 11) is 5.51. The predicted octanol–water partition coefficient (Wildman–Crippen LogP) is 13.4. The number of carboxylic acid groups (broad SMARTS) is 1. The Morgan fingerprint density at radius 3 is 1.41 bits per heavy atom. The Morgan fingerprint density at radius 2 is 0.948 bits per heavy atom. The average Bonchev–Trinajstić information content (AvgIpc) is 3.18. The van der Waals surface area contributed by atoms with Gasteiger partial charge in [0.15, 0.2) is 12.1 Å². The van der Waals surface area contributed by atoms with Gasteiger partial charge in [-0.3, -0.25) is 9.59 Å². The number of likely N-dealkylation sites (N-methyl/N-ethyl adjacent to an activating group) is 1. The van der Waals surface area contributed by atoms with E-state index in [9.17, 15) is 19.5 Å². The number of hydrogen-bond acceptors (Lipinski definition) is 6. The lowest BCUT2D eigenvalue weighted by atomic mass is 10.1. The van der Waals surface area contributed by atoms with E-state index in [-0.39, 0.29) is 42.7 Å². The van der Waals surface area contributed by atoms with Crippen molar-refractivity contribution in [1.29, 1.82) is 0 Å².